The fourth-order valence-corrected chi connectivity index (χ4v) is 1.86. The van der Waals surface area contributed by atoms with Gasteiger partial charge in [0.05, 0.1) is 0 Å². The first-order valence-corrected chi connectivity index (χ1v) is 5.74. The van der Waals surface area contributed by atoms with E-state index in [9.17, 15) is 0 Å². The van der Waals surface area contributed by atoms with E-state index in [0.717, 1.165) is 18.5 Å². The lowest BCUT2D eigenvalue weighted by Crippen LogP contribution is -2.03. The minimum atomic E-state index is 0.574. The predicted molar refractivity (Wildman–Crippen MR) is 68.5 cm³/mol. The highest BCUT2D eigenvalue weighted by Gasteiger charge is 2.09. The molecule has 0 aromatic heterocycles. The van der Waals surface area contributed by atoms with Crippen LogP contribution in [0.4, 0.5) is 11.4 Å². The molecule has 0 heterocycles. The van der Waals surface area contributed by atoms with Gasteiger partial charge in [0.1, 0.15) is 0 Å². The van der Waals surface area contributed by atoms with Crippen molar-refractivity contribution >= 4 is 11.4 Å². The van der Waals surface area contributed by atoms with Gasteiger partial charge in [-0.05, 0) is 42.0 Å². The zero-order chi connectivity index (χ0) is 11.4. The molecule has 0 aliphatic carbocycles. The van der Waals surface area contributed by atoms with Gasteiger partial charge < -0.3 is 11.1 Å². The average Bonchev–Trinajstić information content (AvgIpc) is 2.26. The first-order chi connectivity index (χ1) is 7.13. The van der Waals surface area contributed by atoms with Crippen LogP contribution in [-0.2, 0) is 6.42 Å². The Labute approximate surface area is 92.9 Å². The molecule has 0 radical (unpaired) electrons. The largest absolute Gasteiger partial charge is 0.398 e. The summed E-state index contributed by atoms with van der Waals surface area (Å²) in [5.41, 5.74) is 10.7. The molecule has 0 saturated carbocycles. The van der Waals surface area contributed by atoms with Crippen molar-refractivity contribution in [3.63, 3.8) is 0 Å². The van der Waals surface area contributed by atoms with Crippen LogP contribution >= 0.6 is 0 Å². The van der Waals surface area contributed by atoms with E-state index in [2.05, 4.69) is 38.2 Å². The van der Waals surface area contributed by atoms with Gasteiger partial charge in [0, 0.05) is 18.4 Å². The minimum Gasteiger partial charge on any atom is -0.398 e. The first kappa shape index (κ1) is 11.9. The van der Waals surface area contributed by atoms with Crippen molar-refractivity contribution in [3.8, 4) is 0 Å². The highest BCUT2D eigenvalue weighted by atomic mass is 14.8. The number of anilines is 2. The smallest absolute Gasteiger partial charge is 0.0393 e. The van der Waals surface area contributed by atoms with Crippen LogP contribution in [0.15, 0.2) is 12.1 Å². The summed E-state index contributed by atoms with van der Waals surface area (Å²) in [5.74, 6) is 0.574. The Kier molecular flexibility index (Phi) is 4.01. The van der Waals surface area contributed by atoms with Crippen molar-refractivity contribution in [1.82, 2.24) is 0 Å². The fourth-order valence-electron chi connectivity index (χ4n) is 1.86. The van der Waals surface area contributed by atoms with Gasteiger partial charge in [-0.3, -0.25) is 0 Å². The second-order valence-electron chi connectivity index (χ2n) is 4.05. The monoisotopic (exact) mass is 206 g/mol. The SMILES string of the molecule is CCc1c(N)cc(C(C)CC)cc1NC. The Morgan fingerprint density at radius 2 is 2.00 bits per heavy atom. The van der Waals surface area contributed by atoms with E-state index in [0.29, 0.717) is 5.92 Å². The summed E-state index contributed by atoms with van der Waals surface area (Å²) in [6.07, 6.45) is 2.12. The molecule has 2 nitrogen and oxygen atoms in total. The van der Waals surface area contributed by atoms with Crippen molar-refractivity contribution in [2.24, 2.45) is 0 Å². The van der Waals surface area contributed by atoms with E-state index in [1.54, 1.807) is 0 Å². The maximum atomic E-state index is 6.06. The number of nitrogen functional groups attached to an aromatic ring is 1. The zero-order valence-electron chi connectivity index (χ0n) is 10.2. The molecule has 0 bridgehead atoms. The van der Waals surface area contributed by atoms with Gasteiger partial charge in [0.2, 0.25) is 0 Å². The normalized spacial score (nSPS) is 12.5. The number of nitrogens with two attached hydrogens (primary N) is 1. The van der Waals surface area contributed by atoms with E-state index in [1.807, 2.05) is 7.05 Å². The summed E-state index contributed by atoms with van der Waals surface area (Å²) < 4.78 is 0. The Bertz CT molecular complexity index is 332. The molecule has 15 heavy (non-hydrogen) atoms. The Morgan fingerprint density at radius 1 is 1.33 bits per heavy atom. The van der Waals surface area contributed by atoms with Crippen LogP contribution in [0.1, 0.15) is 44.2 Å². The molecule has 0 saturated heterocycles. The van der Waals surface area contributed by atoms with Crippen LogP contribution < -0.4 is 11.1 Å². The highest BCUT2D eigenvalue weighted by molar-refractivity contribution is 5.65. The molecule has 1 atom stereocenters. The van der Waals surface area contributed by atoms with Crippen molar-refractivity contribution in [2.75, 3.05) is 18.1 Å². The van der Waals surface area contributed by atoms with E-state index in [1.165, 1.54) is 16.8 Å². The average molecular weight is 206 g/mol. The van der Waals surface area contributed by atoms with Crippen molar-refractivity contribution in [2.45, 2.75) is 39.5 Å². The van der Waals surface area contributed by atoms with Gasteiger partial charge in [-0.1, -0.05) is 20.8 Å². The van der Waals surface area contributed by atoms with Gasteiger partial charge in [-0.25, -0.2) is 0 Å². The summed E-state index contributed by atoms with van der Waals surface area (Å²) in [6.45, 7) is 6.57. The van der Waals surface area contributed by atoms with Crippen LogP contribution in [0.5, 0.6) is 0 Å². The van der Waals surface area contributed by atoms with Crippen LogP contribution in [0.25, 0.3) is 0 Å². The molecular formula is C13H22N2. The van der Waals surface area contributed by atoms with E-state index in [-0.39, 0.29) is 0 Å². The van der Waals surface area contributed by atoms with E-state index >= 15 is 0 Å². The molecular weight excluding hydrogens is 184 g/mol. The predicted octanol–water partition coefficient (Wildman–Crippen LogP) is 3.39. The molecule has 3 N–H and O–H groups in total. The third kappa shape index (κ3) is 2.44. The van der Waals surface area contributed by atoms with E-state index < -0.39 is 0 Å². The zero-order valence-corrected chi connectivity index (χ0v) is 10.2. The molecule has 0 aliphatic rings. The second-order valence-corrected chi connectivity index (χ2v) is 4.05. The van der Waals surface area contributed by atoms with Crippen molar-refractivity contribution < 1.29 is 0 Å². The summed E-state index contributed by atoms with van der Waals surface area (Å²) in [7, 11) is 1.95. The maximum Gasteiger partial charge on any atom is 0.0393 e. The molecule has 2 heteroatoms. The molecule has 1 rings (SSSR count). The van der Waals surface area contributed by atoms with Gasteiger partial charge in [-0.15, -0.1) is 0 Å². The van der Waals surface area contributed by atoms with Gasteiger partial charge in [-0.2, -0.15) is 0 Å². The molecule has 1 aromatic rings. The minimum absolute atomic E-state index is 0.574. The Morgan fingerprint density at radius 3 is 2.47 bits per heavy atom. The third-order valence-electron chi connectivity index (χ3n) is 3.11. The quantitative estimate of drug-likeness (QED) is 0.741. The van der Waals surface area contributed by atoms with Gasteiger partial charge in [0.25, 0.3) is 0 Å². The highest BCUT2D eigenvalue weighted by Crippen LogP contribution is 2.29. The molecule has 0 spiro atoms. The number of nitrogens with one attached hydrogen (secondary N) is 1. The van der Waals surface area contributed by atoms with Gasteiger partial charge >= 0.3 is 0 Å². The summed E-state index contributed by atoms with van der Waals surface area (Å²) in [4.78, 5) is 0. The molecule has 1 unspecified atom stereocenters. The fraction of sp³-hybridized carbons (Fsp3) is 0.538. The summed E-state index contributed by atoms with van der Waals surface area (Å²) in [6, 6.07) is 4.34. The van der Waals surface area contributed by atoms with E-state index in [4.69, 9.17) is 5.73 Å². The summed E-state index contributed by atoms with van der Waals surface area (Å²) in [5, 5.41) is 3.23. The van der Waals surface area contributed by atoms with Crippen molar-refractivity contribution in [3.05, 3.63) is 23.3 Å². The number of hydrogen-bond acceptors (Lipinski definition) is 2. The molecule has 1 aromatic carbocycles. The topological polar surface area (TPSA) is 38.0 Å². The van der Waals surface area contributed by atoms with Crippen LogP contribution in [0, 0.1) is 0 Å². The molecule has 0 fully saturated rings. The number of hydrogen-bond donors (Lipinski definition) is 2. The second kappa shape index (κ2) is 5.06. The number of rotatable bonds is 4. The van der Waals surface area contributed by atoms with Crippen LogP contribution in [0.3, 0.4) is 0 Å². The Hall–Kier alpha value is -1.18. The number of benzene rings is 1. The lowest BCUT2D eigenvalue weighted by Gasteiger charge is -2.16. The van der Waals surface area contributed by atoms with Gasteiger partial charge in [0.15, 0.2) is 0 Å². The van der Waals surface area contributed by atoms with Crippen molar-refractivity contribution in [1.29, 1.82) is 0 Å². The standard InChI is InChI=1S/C13H22N2/c1-5-9(3)10-7-12(14)11(6-2)13(8-10)15-4/h7-9,15H,5-6,14H2,1-4H3. The maximum absolute atomic E-state index is 6.06. The van der Waals surface area contributed by atoms with Crippen LogP contribution in [-0.4, -0.2) is 7.05 Å². The summed E-state index contributed by atoms with van der Waals surface area (Å²) >= 11 is 0. The molecule has 0 aliphatic heterocycles. The lowest BCUT2D eigenvalue weighted by atomic mass is 9.94. The lowest BCUT2D eigenvalue weighted by molar-refractivity contribution is 0.734. The van der Waals surface area contributed by atoms with Crippen LogP contribution in [0.2, 0.25) is 0 Å². The Balaban J connectivity index is 3.19. The first-order valence-electron chi connectivity index (χ1n) is 5.74. The molecule has 84 valence electrons. The molecule has 0 amide bonds. The third-order valence-corrected chi connectivity index (χ3v) is 3.11.